The summed E-state index contributed by atoms with van der Waals surface area (Å²) in [5, 5.41) is 3.13. The average Bonchev–Trinajstić information content (AvgIpc) is 2.40. The van der Waals surface area contributed by atoms with E-state index in [1.807, 2.05) is 19.9 Å². The number of nitrogens with zero attached hydrogens (tertiary/aromatic N) is 3. The van der Waals surface area contributed by atoms with Crippen LogP contribution in [-0.2, 0) is 0 Å². The minimum Gasteiger partial charge on any atom is -0.492 e. The van der Waals surface area contributed by atoms with Crippen molar-refractivity contribution >= 4 is 5.82 Å². The number of rotatable bonds is 5. The monoisotopic (exact) mass is 244 g/mol. The van der Waals surface area contributed by atoms with Gasteiger partial charge in [-0.15, -0.1) is 0 Å². The van der Waals surface area contributed by atoms with Crippen LogP contribution in [0.2, 0.25) is 0 Å². The van der Waals surface area contributed by atoms with Crippen LogP contribution in [0.5, 0.6) is 5.75 Å². The molecule has 0 aliphatic rings. The van der Waals surface area contributed by atoms with Crippen molar-refractivity contribution in [3.63, 3.8) is 0 Å². The molecule has 94 valence electrons. The standard InChI is InChI=1S/C13H16N4O/c1-3-16-13-9-15-8-12(17-13)10-5-11(18-4-2)7-14-6-10/h5-9H,3-4H2,1-2H3,(H,16,17). The molecule has 0 atom stereocenters. The summed E-state index contributed by atoms with van der Waals surface area (Å²) < 4.78 is 5.42. The molecule has 0 amide bonds. The summed E-state index contributed by atoms with van der Waals surface area (Å²) >= 11 is 0. The number of pyridine rings is 1. The fraction of sp³-hybridized carbons (Fsp3) is 0.308. The van der Waals surface area contributed by atoms with Gasteiger partial charge in [0.1, 0.15) is 11.6 Å². The number of hydrogen-bond donors (Lipinski definition) is 1. The molecule has 2 rings (SSSR count). The zero-order valence-electron chi connectivity index (χ0n) is 10.6. The van der Waals surface area contributed by atoms with Gasteiger partial charge in [-0.1, -0.05) is 0 Å². The SMILES string of the molecule is CCNc1cncc(-c2cncc(OCC)c2)n1. The molecule has 5 nitrogen and oxygen atoms in total. The molecular weight excluding hydrogens is 228 g/mol. The molecule has 5 heteroatoms. The van der Waals surface area contributed by atoms with Gasteiger partial charge in [0.05, 0.1) is 30.9 Å². The lowest BCUT2D eigenvalue weighted by Gasteiger charge is -2.06. The summed E-state index contributed by atoms with van der Waals surface area (Å²) in [4.78, 5) is 12.8. The second-order valence-corrected chi connectivity index (χ2v) is 3.66. The van der Waals surface area contributed by atoms with Gasteiger partial charge in [0, 0.05) is 18.3 Å². The van der Waals surface area contributed by atoms with E-state index in [4.69, 9.17) is 4.74 Å². The predicted octanol–water partition coefficient (Wildman–Crippen LogP) is 2.37. The molecule has 0 aliphatic carbocycles. The molecule has 2 aromatic heterocycles. The van der Waals surface area contributed by atoms with Gasteiger partial charge in [0.25, 0.3) is 0 Å². The molecule has 2 aromatic rings. The molecule has 0 aliphatic heterocycles. The summed E-state index contributed by atoms with van der Waals surface area (Å²) in [6.45, 7) is 5.40. The lowest BCUT2D eigenvalue weighted by atomic mass is 10.2. The smallest absolute Gasteiger partial charge is 0.145 e. The Morgan fingerprint density at radius 2 is 1.94 bits per heavy atom. The Kier molecular flexibility index (Phi) is 4.06. The van der Waals surface area contributed by atoms with E-state index in [-0.39, 0.29) is 0 Å². The molecule has 0 spiro atoms. The Bertz CT molecular complexity index is 468. The first kappa shape index (κ1) is 12.3. The van der Waals surface area contributed by atoms with Gasteiger partial charge in [-0.3, -0.25) is 9.97 Å². The van der Waals surface area contributed by atoms with Crippen molar-refractivity contribution in [1.29, 1.82) is 0 Å². The van der Waals surface area contributed by atoms with Crippen molar-refractivity contribution in [3.8, 4) is 17.0 Å². The van der Waals surface area contributed by atoms with Crippen molar-refractivity contribution in [2.24, 2.45) is 0 Å². The maximum atomic E-state index is 5.42. The van der Waals surface area contributed by atoms with Crippen molar-refractivity contribution in [1.82, 2.24) is 15.0 Å². The predicted molar refractivity (Wildman–Crippen MR) is 70.6 cm³/mol. The zero-order valence-corrected chi connectivity index (χ0v) is 10.6. The average molecular weight is 244 g/mol. The minimum atomic E-state index is 0.619. The second kappa shape index (κ2) is 5.95. The van der Waals surface area contributed by atoms with Crippen LogP contribution in [0.4, 0.5) is 5.82 Å². The van der Waals surface area contributed by atoms with E-state index >= 15 is 0 Å². The van der Waals surface area contributed by atoms with Gasteiger partial charge in [-0.05, 0) is 19.9 Å². The number of nitrogens with one attached hydrogen (secondary N) is 1. The number of hydrogen-bond acceptors (Lipinski definition) is 5. The van der Waals surface area contributed by atoms with E-state index < -0.39 is 0 Å². The fourth-order valence-corrected chi connectivity index (χ4v) is 1.58. The third-order valence-corrected chi connectivity index (χ3v) is 2.31. The van der Waals surface area contributed by atoms with Gasteiger partial charge < -0.3 is 10.1 Å². The Morgan fingerprint density at radius 3 is 2.72 bits per heavy atom. The largest absolute Gasteiger partial charge is 0.492 e. The first-order valence-electron chi connectivity index (χ1n) is 5.97. The van der Waals surface area contributed by atoms with E-state index in [2.05, 4.69) is 20.3 Å². The lowest BCUT2D eigenvalue weighted by molar-refractivity contribution is 0.339. The molecule has 1 N–H and O–H groups in total. The minimum absolute atomic E-state index is 0.619. The highest BCUT2D eigenvalue weighted by atomic mass is 16.5. The Labute approximate surface area is 106 Å². The maximum absolute atomic E-state index is 5.42. The van der Waals surface area contributed by atoms with Gasteiger partial charge in [-0.25, -0.2) is 4.98 Å². The van der Waals surface area contributed by atoms with E-state index in [1.165, 1.54) is 0 Å². The summed E-state index contributed by atoms with van der Waals surface area (Å²) in [5.41, 5.74) is 1.68. The third kappa shape index (κ3) is 2.94. The highest BCUT2D eigenvalue weighted by Crippen LogP contribution is 2.21. The van der Waals surface area contributed by atoms with Crippen LogP contribution in [0.25, 0.3) is 11.3 Å². The summed E-state index contributed by atoms with van der Waals surface area (Å²) in [6, 6.07) is 1.91. The maximum Gasteiger partial charge on any atom is 0.145 e. The molecular formula is C13H16N4O. The zero-order chi connectivity index (χ0) is 12.8. The van der Waals surface area contributed by atoms with Crippen LogP contribution < -0.4 is 10.1 Å². The second-order valence-electron chi connectivity index (χ2n) is 3.66. The molecule has 0 saturated carbocycles. The van der Waals surface area contributed by atoms with Crippen molar-refractivity contribution in [3.05, 3.63) is 30.9 Å². The Hall–Kier alpha value is -2.17. The normalized spacial score (nSPS) is 10.1. The highest BCUT2D eigenvalue weighted by molar-refractivity contribution is 5.60. The van der Waals surface area contributed by atoms with Crippen LogP contribution in [0.3, 0.4) is 0 Å². The lowest BCUT2D eigenvalue weighted by Crippen LogP contribution is -2.00. The van der Waals surface area contributed by atoms with Crippen LogP contribution in [0.1, 0.15) is 13.8 Å². The van der Waals surface area contributed by atoms with Crippen molar-refractivity contribution < 1.29 is 4.74 Å². The van der Waals surface area contributed by atoms with E-state index in [1.54, 1.807) is 24.8 Å². The first-order chi connectivity index (χ1) is 8.83. The third-order valence-electron chi connectivity index (χ3n) is 2.31. The summed E-state index contributed by atoms with van der Waals surface area (Å²) in [6.07, 6.45) is 6.86. The molecule has 0 unspecified atom stereocenters. The van der Waals surface area contributed by atoms with Crippen molar-refractivity contribution in [2.75, 3.05) is 18.5 Å². The molecule has 0 bridgehead atoms. The van der Waals surface area contributed by atoms with E-state index in [0.29, 0.717) is 6.61 Å². The van der Waals surface area contributed by atoms with Gasteiger partial charge in [0.15, 0.2) is 0 Å². The quantitative estimate of drug-likeness (QED) is 0.875. The number of aromatic nitrogens is 3. The number of ether oxygens (including phenoxy) is 1. The first-order valence-corrected chi connectivity index (χ1v) is 5.97. The Morgan fingerprint density at radius 1 is 1.11 bits per heavy atom. The van der Waals surface area contributed by atoms with Gasteiger partial charge in [0.2, 0.25) is 0 Å². The van der Waals surface area contributed by atoms with Crippen LogP contribution in [-0.4, -0.2) is 28.1 Å². The van der Waals surface area contributed by atoms with Crippen LogP contribution in [0.15, 0.2) is 30.9 Å². The van der Waals surface area contributed by atoms with Gasteiger partial charge >= 0.3 is 0 Å². The van der Waals surface area contributed by atoms with E-state index in [9.17, 15) is 0 Å². The molecule has 18 heavy (non-hydrogen) atoms. The summed E-state index contributed by atoms with van der Waals surface area (Å²) in [5.74, 6) is 1.50. The van der Waals surface area contributed by atoms with Crippen LogP contribution in [0, 0.1) is 0 Å². The molecule has 0 saturated heterocycles. The molecule has 0 radical (unpaired) electrons. The van der Waals surface area contributed by atoms with Gasteiger partial charge in [-0.2, -0.15) is 0 Å². The Balaban J connectivity index is 2.29. The van der Waals surface area contributed by atoms with Crippen LogP contribution >= 0.6 is 0 Å². The van der Waals surface area contributed by atoms with Crippen molar-refractivity contribution in [2.45, 2.75) is 13.8 Å². The molecule has 2 heterocycles. The highest BCUT2D eigenvalue weighted by Gasteiger charge is 2.04. The molecule has 0 fully saturated rings. The topological polar surface area (TPSA) is 59.9 Å². The fourth-order valence-electron chi connectivity index (χ4n) is 1.58. The summed E-state index contributed by atoms with van der Waals surface area (Å²) in [7, 11) is 0. The molecule has 0 aromatic carbocycles. The van der Waals surface area contributed by atoms with E-state index in [0.717, 1.165) is 29.4 Å². The number of anilines is 1.